The molecule has 106 valence electrons. The van der Waals surface area contributed by atoms with E-state index in [1.54, 1.807) is 12.1 Å². The molecule has 0 saturated carbocycles. The summed E-state index contributed by atoms with van der Waals surface area (Å²) in [5, 5.41) is 12.4. The molecule has 0 saturated heterocycles. The zero-order chi connectivity index (χ0) is 13.5. The van der Waals surface area contributed by atoms with E-state index in [2.05, 4.69) is 10.3 Å². The molecule has 0 aliphatic heterocycles. The summed E-state index contributed by atoms with van der Waals surface area (Å²) in [5.74, 6) is 0.670. The first kappa shape index (κ1) is 16.3. The SMILES string of the molecule is I.NC(=NCCc1cccc(O)c1)Nc1ccccc1. The Morgan fingerprint density at radius 3 is 2.55 bits per heavy atom. The van der Waals surface area contributed by atoms with Crippen molar-refractivity contribution in [3.63, 3.8) is 0 Å². The maximum Gasteiger partial charge on any atom is 0.193 e. The maximum absolute atomic E-state index is 9.34. The molecule has 0 atom stereocenters. The number of hydrogen-bond acceptors (Lipinski definition) is 2. The zero-order valence-corrected chi connectivity index (χ0v) is 13.3. The number of guanidine groups is 1. The van der Waals surface area contributed by atoms with E-state index in [9.17, 15) is 5.11 Å². The van der Waals surface area contributed by atoms with Crippen LogP contribution in [0.4, 0.5) is 5.69 Å². The Labute approximate surface area is 135 Å². The Morgan fingerprint density at radius 2 is 1.85 bits per heavy atom. The number of aromatic hydroxyl groups is 1. The van der Waals surface area contributed by atoms with Crippen molar-refractivity contribution < 1.29 is 5.11 Å². The highest BCUT2D eigenvalue weighted by Crippen LogP contribution is 2.11. The number of halogens is 1. The molecule has 2 aromatic carbocycles. The van der Waals surface area contributed by atoms with Crippen LogP contribution in [0.1, 0.15) is 5.56 Å². The van der Waals surface area contributed by atoms with Crippen LogP contribution in [0.15, 0.2) is 59.6 Å². The molecule has 2 rings (SSSR count). The lowest BCUT2D eigenvalue weighted by atomic mass is 10.1. The van der Waals surface area contributed by atoms with E-state index in [0.717, 1.165) is 17.7 Å². The van der Waals surface area contributed by atoms with Gasteiger partial charge in [0.2, 0.25) is 0 Å². The minimum absolute atomic E-state index is 0. The molecule has 0 aromatic heterocycles. The van der Waals surface area contributed by atoms with Gasteiger partial charge in [0.1, 0.15) is 5.75 Å². The predicted molar refractivity (Wildman–Crippen MR) is 93.8 cm³/mol. The van der Waals surface area contributed by atoms with Gasteiger partial charge in [0, 0.05) is 12.2 Å². The van der Waals surface area contributed by atoms with Crippen LogP contribution in [0, 0.1) is 0 Å². The van der Waals surface area contributed by atoms with Crippen molar-refractivity contribution in [3.8, 4) is 5.75 Å². The van der Waals surface area contributed by atoms with Gasteiger partial charge in [0.25, 0.3) is 0 Å². The van der Waals surface area contributed by atoms with Gasteiger partial charge >= 0.3 is 0 Å². The summed E-state index contributed by atoms with van der Waals surface area (Å²) >= 11 is 0. The summed E-state index contributed by atoms with van der Waals surface area (Å²) in [5.41, 5.74) is 7.75. The molecule has 4 N–H and O–H groups in total. The number of nitrogens with zero attached hydrogens (tertiary/aromatic N) is 1. The third-order valence-electron chi connectivity index (χ3n) is 2.64. The summed E-state index contributed by atoms with van der Waals surface area (Å²) in [4.78, 5) is 4.25. The predicted octanol–water partition coefficient (Wildman–Crippen LogP) is 2.98. The fourth-order valence-corrected chi connectivity index (χ4v) is 1.73. The molecule has 0 unspecified atom stereocenters. The van der Waals surface area contributed by atoms with Crippen molar-refractivity contribution in [3.05, 3.63) is 60.2 Å². The average molecular weight is 383 g/mol. The average Bonchev–Trinajstić information content (AvgIpc) is 2.40. The quantitative estimate of drug-likeness (QED) is 0.432. The van der Waals surface area contributed by atoms with E-state index in [4.69, 9.17) is 5.73 Å². The van der Waals surface area contributed by atoms with Crippen molar-refractivity contribution in [2.24, 2.45) is 10.7 Å². The monoisotopic (exact) mass is 383 g/mol. The molecule has 0 aliphatic rings. The third-order valence-corrected chi connectivity index (χ3v) is 2.64. The number of anilines is 1. The second-order valence-electron chi connectivity index (χ2n) is 4.18. The second kappa shape index (κ2) is 8.42. The van der Waals surface area contributed by atoms with Gasteiger partial charge in [-0.05, 0) is 36.2 Å². The summed E-state index contributed by atoms with van der Waals surface area (Å²) in [6.07, 6.45) is 0.742. The molecule has 2 aromatic rings. The van der Waals surface area contributed by atoms with E-state index >= 15 is 0 Å². The topological polar surface area (TPSA) is 70.6 Å². The van der Waals surface area contributed by atoms with Gasteiger partial charge in [-0.3, -0.25) is 4.99 Å². The molecule has 20 heavy (non-hydrogen) atoms. The zero-order valence-electron chi connectivity index (χ0n) is 11.0. The lowest BCUT2D eigenvalue weighted by Crippen LogP contribution is -2.22. The number of nitrogens with two attached hydrogens (primary N) is 1. The van der Waals surface area contributed by atoms with E-state index in [0.29, 0.717) is 12.5 Å². The number of phenolic OH excluding ortho intramolecular Hbond substituents is 1. The molecular formula is C15H18IN3O. The highest BCUT2D eigenvalue weighted by Gasteiger charge is 1.96. The Balaban J connectivity index is 0.00000200. The maximum atomic E-state index is 9.34. The van der Waals surface area contributed by atoms with Crippen LogP contribution in [0.2, 0.25) is 0 Å². The lowest BCUT2D eigenvalue weighted by molar-refractivity contribution is 0.474. The molecule has 0 bridgehead atoms. The van der Waals surface area contributed by atoms with Crippen LogP contribution in [0.5, 0.6) is 5.75 Å². The van der Waals surface area contributed by atoms with Gasteiger partial charge in [0.05, 0.1) is 0 Å². The first-order valence-electron chi connectivity index (χ1n) is 6.14. The molecule has 5 heteroatoms. The van der Waals surface area contributed by atoms with E-state index in [1.165, 1.54) is 0 Å². The summed E-state index contributed by atoms with van der Waals surface area (Å²) < 4.78 is 0. The van der Waals surface area contributed by atoms with Crippen LogP contribution >= 0.6 is 24.0 Å². The molecule has 0 heterocycles. The Hall–Kier alpha value is -1.76. The highest BCUT2D eigenvalue weighted by molar-refractivity contribution is 14.0. The Bertz CT molecular complexity index is 558. The number of benzene rings is 2. The number of aliphatic imine (C=N–C) groups is 1. The van der Waals surface area contributed by atoms with E-state index < -0.39 is 0 Å². The van der Waals surface area contributed by atoms with E-state index in [-0.39, 0.29) is 29.7 Å². The molecule has 0 spiro atoms. The molecule has 0 amide bonds. The number of para-hydroxylation sites is 1. The minimum atomic E-state index is 0. The molecule has 0 aliphatic carbocycles. The van der Waals surface area contributed by atoms with Crippen molar-refractivity contribution in [2.75, 3.05) is 11.9 Å². The molecule has 0 radical (unpaired) electrons. The molecule has 0 fully saturated rings. The van der Waals surface area contributed by atoms with Gasteiger partial charge < -0.3 is 16.2 Å². The van der Waals surface area contributed by atoms with Crippen LogP contribution in [-0.2, 0) is 6.42 Å². The Kier molecular flexibility index (Phi) is 6.86. The van der Waals surface area contributed by atoms with Crippen molar-refractivity contribution in [1.29, 1.82) is 0 Å². The van der Waals surface area contributed by atoms with Crippen molar-refractivity contribution in [1.82, 2.24) is 0 Å². The summed E-state index contributed by atoms with van der Waals surface area (Å²) in [6, 6.07) is 16.8. The fourth-order valence-electron chi connectivity index (χ4n) is 1.73. The first-order valence-corrected chi connectivity index (χ1v) is 6.14. The van der Waals surface area contributed by atoms with Gasteiger partial charge in [0.15, 0.2) is 5.96 Å². The van der Waals surface area contributed by atoms with E-state index in [1.807, 2.05) is 42.5 Å². The lowest BCUT2D eigenvalue weighted by Gasteiger charge is -2.05. The summed E-state index contributed by atoms with van der Waals surface area (Å²) in [6.45, 7) is 0.578. The van der Waals surface area contributed by atoms with Crippen LogP contribution in [-0.4, -0.2) is 17.6 Å². The van der Waals surface area contributed by atoms with Gasteiger partial charge in [-0.1, -0.05) is 30.3 Å². The van der Waals surface area contributed by atoms with Crippen molar-refractivity contribution >= 4 is 35.6 Å². The third kappa shape index (κ3) is 5.48. The van der Waals surface area contributed by atoms with Crippen molar-refractivity contribution in [2.45, 2.75) is 6.42 Å². The van der Waals surface area contributed by atoms with Gasteiger partial charge in [-0.2, -0.15) is 0 Å². The van der Waals surface area contributed by atoms with Crippen LogP contribution < -0.4 is 11.1 Å². The summed E-state index contributed by atoms with van der Waals surface area (Å²) in [7, 11) is 0. The smallest absolute Gasteiger partial charge is 0.193 e. The number of nitrogens with one attached hydrogen (secondary N) is 1. The highest BCUT2D eigenvalue weighted by atomic mass is 127. The number of hydrogen-bond donors (Lipinski definition) is 3. The number of phenols is 1. The van der Waals surface area contributed by atoms with Crippen LogP contribution in [0.3, 0.4) is 0 Å². The Morgan fingerprint density at radius 1 is 1.10 bits per heavy atom. The van der Waals surface area contributed by atoms with Gasteiger partial charge in [-0.25, -0.2) is 0 Å². The minimum Gasteiger partial charge on any atom is -0.508 e. The van der Waals surface area contributed by atoms with Gasteiger partial charge in [-0.15, -0.1) is 24.0 Å². The number of rotatable bonds is 4. The normalized spacial score (nSPS) is 10.7. The second-order valence-corrected chi connectivity index (χ2v) is 4.18. The molecule has 4 nitrogen and oxygen atoms in total. The fraction of sp³-hybridized carbons (Fsp3) is 0.133. The first-order chi connectivity index (χ1) is 9.24. The van der Waals surface area contributed by atoms with Crippen LogP contribution in [0.25, 0.3) is 0 Å². The molecular weight excluding hydrogens is 365 g/mol. The standard InChI is InChI=1S/C15H17N3O.HI/c16-15(18-13-6-2-1-3-7-13)17-10-9-12-5-4-8-14(19)11-12;/h1-8,11,19H,9-10H2,(H3,16,17,18);1H. The largest absolute Gasteiger partial charge is 0.508 e.